The van der Waals surface area contributed by atoms with Crippen LogP contribution in [0, 0.1) is 0 Å². The third-order valence-electron chi connectivity index (χ3n) is 3.92. The molecule has 1 aromatic heterocycles. The highest BCUT2D eigenvalue weighted by atomic mass is 16.4. The number of aromatic nitrogens is 2. The molecule has 1 atom stereocenters. The lowest BCUT2D eigenvalue weighted by molar-refractivity contribution is -0.128. The van der Waals surface area contributed by atoms with Crippen LogP contribution in [0.25, 0.3) is 11.5 Å². The van der Waals surface area contributed by atoms with Gasteiger partial charge in [0.1, 0.15) is 6.04 Å². The number of hydrogen-bond acceptors (Lipinski definition) is 5. The van der Waals surface area contributed by atoms with Crippen LogP contribution in [0.4, 0.5) is 0 Å². The first-order chi connectivity index (χ1) is 11.7. The molecule has 0 bridgehead atoms. The standard InChI is InChI=1S/C17H20N4O3/c22-14(19-13-8-4-5-11-18-16(13)23)9-10-15-20-21-17(24-15)12-6-2-1-3-7-12/h1-3,6-7,13H,4-5,8-11H2,(H,18,23)(H,19,22). The molecule has 1 aliphatic heterocycles. The van der Waals surface area contributed by atoms with Crippen molar-refractivity contribution < 1.29 is 14.0 Å². The van der Waals surface area contributed by atoms with Gasteiger partial charge in [0.05, 0.1) is 0 Å². The summed E-state index contributed by atoms with van der Waals surface area (Å²) in [6.07, 6.45) is 3.10. The molecule has 2 amide bonds. The van der Waals surface area contributed by atoms with Crippen molar-refractivity contribution in [2.45, 2.75) is 38.1 Å². The highest BCUT2D eigenvalue weighted by Gasteiger charge is 2.22. The maximum absolute atomic E-state index is 12.0. The Bertz CT molecular complexity index is 699. The van der Waals surface area contributed by atoms with E-state index in [2.05, 4.69) is 20.8 Å². The molecule has 1 unspecified atom stereocenters. The summed E-state index contributed by atoms with van der Waals surface area (Å²) in [5.41, 5.74) is 0.843. The lowest BCUT2D eigenvalue weighted by Crippen LogP contribution is -2.45. The van der Waals surface area contributed by atoms with E-state index in [4.69, 9.17) is 4.42 Å². The molecule has 7 heteroatoms. The van der Waals surface area contributed by atoms with Crippen LogP contribution in [-0.4, -0.2) is 34.6 Å². The first kappa shape index (κ1) is 16.2. The van der Waals surface area contributed by atoms with Gasteiger partial charge in [0, 0.05) is 24.9 Å². The van der Waals surface area contributed by atoms with Crippen LogP contribution in [0.15, 0.2) is 34.7 Å². The molecular formula is C17H20N4O3. The fraction of sp³-hybridized carbons (Fsp3) is 0.412. The van der Waals surface area contributed by atoms with Crippen LogP contribution >= 0.6 is 0 Å². The molecule has 1 saturated heterocycles. The van der Waals surface area contributed by atoms with Crippen molar-refractivity contribution in [1.29, 1.82) is 0 Å². The molecule has 1 aliphatic rings. The van der Waals surface area contributed by atoms with Crippen molar-refractivity contribution in [3.05, 3.63) is 36.2 Å². The van der Waals surface area contributed by atoms with Gasteiger partial charge in [-0.3, -0.25) is 9.59 Å². The van der Waals surface area contributed by atoms with E-state index in [9.17, 15) is 9.59 Å². The minimum atomic E-state index is -0.442. The molecule has 126 valence electrons. The van der Waals surface area contributed by atoms with Gasteiger partial charge in [-0.1, -0.05) is 18.2 Å². The first-order valence-electron chi connectivity index (χ1n) is 8.17. The highest BCUT2D eigenvalue weighted by Crippen LogP contribution is 2.17. The molecule has 2 heterocycles. The van der Waals surface area contributed by atoms with E-state index < -0.39 is 6.04 Å². The zero-order valence-electron chi connectivity index (χ0n) is 13.3. The van der Waals surface area contributed by atoms with Gasteiger partial charge in [-0.05, 0) is 31.4 Å². The molecule has 0 spiro atoms. The van der Waals surface area contributed by atoms with Gasteiger partial charge in [0.2, 0.25) is 23.6 Å². The van der Waals surface area contributed by atoms with E-state index in [0.717, 1.165) is 18.4 Å². The van der Waals surface area contributed by atoms with Gasteiger partial charge in [-0.15, -0.1) is 10.2 Å². The van der Waals surface area contributed by atoms with E-state index in [-0.39, 0.29) is 18.2 Å². The number of carbonyl (C=O) groups is 2. The summed E-state index contributed by atoms with van der Waals surface area (Å²) in [6.45, 7) is 0.676. The number of benzene rings is 1. The van der Waals surface area contributed by atoms with Gasteiger partial charge in [0.25, 0.3) is 0 Å². The molecule has 7 nitrogen and oxygen atoms in total. The Balaban J connectivity index is 1.51. The molecule has 1 aromatic carbocycles. The van der Waals surface area contributed by atoms with Crippen LogP contribution in [0.1, 0.15) is 31.6 Å². The number of rotatable bonds is 5. The Labute approximate surface area is 139 Å². The molecule has 0 radical (unpaired) electrons. The van der Waals surface area contributed by atoms with Crippen LogP contribution in [0.2, 0.25) is 0 Å². The smallest absolute Gasteiger partial charge is 0.247 e. The van der Waals surface area contributed by atoms with Gasteiger partial charge >= 0.3 is 0 Å². The van der Waals surface area contributed by atoms with Gasteiger partial charge < -0.3 is 15.1 Å². The van der Waals surface area contributed by atoms with E-state index in [1.165, 1.54) is 0 Å². The van der Waals surface area contributed by atoms with E-state index in [1.807, 2.05) is 30.3 Å². The fourth-order valence-corrected chi connectivity index (χ4v) is 2.62. The number of nitrogens with zero attached hydrogens (tertiary/aromatic N) is 2. The Morgan fingerprint density at radius 2 is 2.08 bits per heavy atom. The normalized spacial score (nSPS) is 17.8. The van der Waals surface area contributed by atoms with E-state index >= 15 is 0 Å². The summed E-state index contributed by atoms with van der Waals surface area (Å²) in [6, 6.07) is 9.02. The fourth-order valence-electron chi connectivity index (χ4n) is 2.62. The number of carbonyl (C=O) groups excluding carboxylic acids is 2. The van der Waals surface area contributed by atoms with Crippen LogP contribution < -0.4 is 10.6 Å². The topological polar surface area (TPSA) is 97.1 Å². The molecule has 2 N–H and O–H groups in total. The van der Waals surface area contributed by atoms with Crippen molar-refractivity contribution in [3.63, 3.8) is 0 Å². The zero-order chi connectivity index (χ0) is 16.8. The summed E-state index contributed by atoms with van der Waals surface area (Å²) in [5, 5.41) is 13.5. The minimum Gasteiger partial charge on any atom is -0.421 e. The highest BCUT2D eigenvalue weighted by molar-refractivity contribution is 5.87. The van der Waals surface area contributed by atoms with Crippen molar-refractivity contribution in [1.82, 2.24) is 20.8 Å². The lowest BCUT2D eigenvalue weighted by atomic mass is 10.1. The van der Waals surface area contributed by atoms with Crippen LogP contribution in [-0.2, 0) is 16.0 Å². The largest absolute Gasteiger partial charge is 0.421 e. The van der Waals surface area contributed by atoms with Crippen molar-refractivity contribution in [2.75, 3.05) is 6.54 Å². The first-order valence-corrected chi connectivity index (χ1v) is 8.17. The molecule has 3 rings (SSSR count). The van der Waals surface area contributed by atoms with Crippen molar-refractivity contribution in [2.24, 2.45) is 0 Å². The monoisotopic (exact) mass is 328 g/mol. The maximum Gasteiger partial charge on any atom is 0.247 e. The maximum atomic E-state index is 12.0. The zero-order valence-corrected chi connectivity index (χ0v) is 13.3. The Morgan fingerprint density at radius 3 is 2.92 bits per heavy atom. The summed E-state index contributed by atoms with van der Waals surface area (Å²) in [5.74, 6) is 0.560. The third-order valence-corrected chi connectivity index (χ3v) is 3.92. The third kappa shape index (κ3) is 4.18. The van der Waals surface area contributed by atoms with Crippen molar-refractivity contribution >= 4 is 11.8 Å². The average molecular weight is 328 g/mol. The SMILES string of the molecule is O=C(CCc1nnc(-c2ccccc2)o1)NC1CCCCNC1=O. The molecule has 0 aliphatic carbocycles. The molecule has 0 saturated carbocycles. The Morgan fingerprint density at radius 1 is 1.25 bits per heavy atom. The second-order valence-corrected chi connectivity index (χ2v) is 5.77. The number of hydrogen-bond donors (Lipinski definition) is 2. The Hall–Kier alpha value is -2.70. The second-order valence-electron chi connectivity index (χ2n) is 5.77. The van der Waals surface area contributed by atoms with Crippen LogP contribution in [0.3, 0.4) is 0 Å². The van der Waals surface area contributed by atoms with Gasteiger partial charge in [-0.2, -0.15) is 0 Å². The summed E-state index contributed by atoms with van der Waals surface area (Å²) in [4.78, 5) is 23.9. The summed E-state index contributed by atoms with van der Waals surface area (Å²) >= 11 is 0. The predicted octanol–water partition coefficient (Wildman–Crippen LogP) is 1.45. The summed E-state index contributed by atoms with van der Waals surface area (Å²) < 4.78 is 5.57. The van der Waals surface area contributed by atoms with Gasteiger partial charge in [-0.25, -0.2) is 0 Å². The predicted molar refractivity (Wildman–Crippen MR) is 86.8 cm³/mol. The quantitative estimate of drug-likeness (QED) is 0.866. The molecule has 2 aromatic rings. The Kier molecular flexibility index (Phi) is 5.20. The number of aryl methyl sites for hydroxylation is 1. The number of nitrogens with one attached hydrogen (secondary N) is 2. The average Bonchev–Trinajstić information content (AvgIpc) is 2.99. The minimum absolute atomic E-state index is 0.106. The second kappa shape index (κ2) is 7.72. The van der Waals surface area contributed by atoms with E-state index in [0.29, 0.717) is 31.2 Å². The van der Waals surface area contributed by atoms with Crippen molar-refractivity contribution in [3.8, 4) is 11.5 Å². The molecule has 24 heavy (non-hydrogen) atoms. The van der Waals surface area contributed by atoms with Crippen LogP contribution in [0.5, 0.6) is 0 Å². The molecular weight excluding hydrogens is 308 g/mol. The lowest BCUT2D eigenvalue weighted by Gasteiger charge is -2.14. The molecule has 1 fully saturated rings. The number of amides is 2. The van der Waals surface area contributed by atoms with E-state index in [1.54, 1.807) is 0 Å². The van der Waals surface area contributed by atoms with Gasteiger partial charge in [0.15, 0.2) is 0 Å². The summed E-state index contributed by atoms with van der Waals surface area (Å²) in [7, 11) is 0.